The quantitative estimate of drug-likeness (QED) is 0.861. The van der Waals surface area contributed by atoms with Crippen LogP contribution in [-0.2, 0) is 6.42 Å². The van der Waals surface area contributed by atoms with Gasteiger partial charge in [0.2, 0.25) is 0 Å². The van der Waals surface area contributed by atoms with Gasteiger partial charge < -0.3 is 5.11 Å². The van der Waals surface area contributed by atoms with Gasteiger partial charge in [-0.2, -0.15) is 0 Å². The van der Waals surface area contributed by atoms with Crippen LogP contribution in [0, 0.1) is 6.92 Å². The fourth-order valence-electron chi connectivity index (χ4n) is 1.41. The predicted molar refractivity (Wildman–Crippen MR) is 59.8 cm³/mol. The van der Waals surface area contributed by atoms with Gasteiger partial charge in [0.05, 0.1) is 11.1 Å². The van der Waals surface area contributed by atoms with E-state index < -0.39 is 6.10 Å². The Morgan fingerprint density at radius 3 is 2.93 bits per heavy atom. The third-order valence-electron chi connectivity index (χ3n) is 2.16. The third-order valence-corrected chi connectivity index (χ3v) is 2.96. The van der Waals surface area contributed by atoms with Gasteiger partial charge in [-0.3, -0.25) is 4.98 Å². The van der Waals surface area contributed by atoms with Crippen molar-refractivity contribution in [3.63, 3.8) is 0 Å². The summed E-state index contributed by atoms with van der Waals surface area (Å²) >= 11 is 1.56. The summed E-state index contributed by atoms with van der Waals surface area (Å²) < 4.78 is 0. The molecule has 2 aromatic heterocycles. The van der Waals surface area contributed by atoms with Gasteiger partial charge >= 0.3 is 0 Å². The molecule has 3 nitrogen and oxygen atoms in total. The van der Waals surface area contributed by atoms with E-state index in [1.807, 2.05) is 24.4 Å². The van der Waals surface area contributed by atoms with Gasteiger partial charge in [-0.15, -0.1) is 11.3 Å². The molecule has 1 atom stereocenters. The lowest BCUT2D eigenvalue weighted by Gasteiger charge is -2.09. The van der Waals surface area contributed by atoms with Crippen molar-refractivity contribution in [1.82, 2.24) is 9.97 Å². The van der Waals surface area contributed by atoms with Crippen LogP contribution in [-0.4, -0.2) is 15.1 Å². The molecule has 2 aromatic rings. The fraction of sp³-hybridized carbons (Fsp3) is 0.273. The van der Waals surface area contributed by atoms with Gasteiger partial charge in [0, 0.05) is 29.9 Å². The topological polar surface area (TPSA) is 46.0 Å². The average molecular weight is 220 g/mol. The Morgan fingerprint density at radius 1 is 1.40 bits per heavy atom. The standard InChI is InChI=1S/C11H12N2OS/c1-8-6-9(2-3-12-8)10(14)7-11-13-4-5-15-11/h2-6,10,14H,7H2,1H3. The summed E-state index contributed by atoms with van der Waals surface area (Å²) in [5, 5.41) is 12.8. The highest BCUT2D eigenvalue weighted by molar-refractivity contribution is 7.09. The molecular weight excluding hydrogens is 208 g/mol. The van der Waals surface area contributed by atoms with Crippen molar-refractivity contribution in [1.29, 1.82) is 0 Å². The number of aliphatic hydroxyl groups excluding tert-OH is 1. The first-order valence-electron chi connectivity index (χ1n) is 4.74. The highest BCUT2D eigenvalue weighted by Gasteiger charge is 2.10. The zero-order valence-electron chi connectivity index (χ0n) is 8.42. The van der Waals surface area contributed by atoms with E-state index in [1.54, 1.807) is 23.7 Å². The van der Waals surface area contributed by atoms with Gasteiger partial charge in [-0.25, -0.2) is 4.98 Å². The summed E-state index contributed by atoms with van der Waals surface area (Å²) in [6.45, 7) is 1.92. The molecular formula is C11H12N2OS. The molecule has 0 radical (unpaired) electrons. The van der Waals surface area contributed by atoms with E-state index in [0.717, 1.165) is 16.3 Å². The van der Waals surface area contributed by atoms with Gasteiger partial charge in [-0.1, -0.05) is 0 Å². The Balaban J connectivity index is 2.11. The fourth-order valence-corrected chi connectivity index (χ4v) is 2.07. The second kappa shape index (κ2) is 4.51. The van der Waals surface area contributed by atoms with Gasteiger partial charge in [-0.05, 0) is 24.6 Å². The van der Waals surface area contributed by atoms with Crippen LogP contribution in [0.4, 0.5) is 0 Å². The maximum absolute atomic E-state index is 9.96. The number of nitrogens with zero attached hydrogens (tertiary/aromatic N) is 2. The molecule has 0 aliphatic rings. The summed E-state index contributed by atoms with van der Waals surface area (Å²) in [7, 11) is 0. The molecule has 2 rings (SSSR count). The van der Waals surface area contributed by atoms with Crippen LogP contribution in [0.3, 0.4) is 0 Å². The number of aromatic nitrogens is 2. The molecule has 0 fully saturated rings. The number of pyridine rings is 1. The molecule has 0 bridgehead atoms. The molecule has 0 aromatic carbocycles. The average Bonchev–Trinajstić information content (AvgIpc) is 2.70. The third kappa shape index (κ3) is 2.61. The van der Waals surface area contributed by atoms with Gasteiger partial charge in [0.25, 0.3) is 0 Å². The molecule has 78 valence electrons. The van der Waals surface area contributed by atoms with E-state index in [1.165, 1.54) is 0 Å². The minimum Gasteiger partial charge on any atom is -0.388 e. The molecule has 2 heterocycles. The smallest absolute Gasteiger partial charge is 0.0954 e. The van der Waals surface area contributed by atoms with E-state index in [4.69, 9.17) is 0 Å². The van der Waals surface area contributed by atoms with Crippen molar-refractivity contribution in [3.05, 3.63) is 46.2 Å². The lowest BCUT2D eigenvalue weighted by molar-refractivity contribution is 0.178. The lowest BCUT2D eigenvalue weighted by atomic mass is 10.1. The van der Waals surface area contributed by atoms with E-state index in [9.17, 15) is 5.11 Å². The van der Waals surface area contributed by atoms with Crippen molar-refractivity contribution >= 4 is 11.3 Å². The summed E-state index contributed by atoms with van der Waals surface area (Å²) in [4.78, 5) is 8.24. The summed E-state index contributed by atoms with van der Waals surface area (Å²) in [6.07, 6.45) is 3.55. The van der Waals surface area contributed by atoms with Crippen molar-refractivity contribution in [3.8, 4) is 0 Å². The highest BCUT2D eigenvalue weighted by Crippen LogP contribution is 2.19. The number of thiazole rings is 1. The van der Waals surface area contributed by atoms with Gasteiger partial charge in [0.1, 0.15) is 0 Å². The molecule has 1 unspecified atom stereocenters. The second-order valence-corrected chi connectivity index (χ2v) is 4.36. The van der Waals surface area contributed by atoms with Crippen LogP contribution < -0.4 is 0 Å². The summed E-state index contributed by atoms with van der Waals surface area (Å²) in [6, 6.07) is 3.74. The first-order valence-corrected chi connectivity index (χ1v) is 5.62. The molecule has 15 heavy (non-hydrogen) atoms. The maximum Gasteiger partial charge on any atom is 0.0954 e. The Bertz CT molecular complexity index is 428. The molecule has 0 aliphatic heterocycles. The van der Waals surface area contributed by atoms with Crippen LogP contribution in [0.1, 0.15) is 22.4 Å². The number of rotatable bonds is 3. The maximum atomic E-state index is 9.96. The highest BCUT2D eigenvalue weighted by atomic mass is 32.1. The number of aryl methyl sites for hydroxylation is 1. The number of aliphatic hydroxyl groups is 1. The minimum atomic E-state index is -0.488. The second-order valence-electron chi connectivity index (χ2n) is 3.38. The molecule has 1 N–H and O–H groups in total. The Labute approximate surface area is 92.5 Å². The van der Waals surface area contributed by atoms with Gasteiger partial charge in [0.15, 0.2) is 0 Å². The normalized spacial score (nSPS) is 12.7. The lowest BCUT2D eigenvalue weighted by Crippen LogP contribution is -2.02. The van der Waals surface area contributed by atoms with Crippen molar-refractivity contribution < 1.29 is 5.11 Å². The van der Waals surface area contributed by atoms with Crippen LogP contribution in [0.5, 0.6) is 0 Å². The van der Waals surface area contributed by atoms with Crippen LogP contribution in [0.15, 0.2) is 29.9 Å². The minimum absolute atomic E-state index is 0.488. The number of hydrogen-bond donors (Lipinski definition) is 1. The molecule has 0 spiro atoms. The molecule has 4 heteroatoms. The van der Waals surface area contributed by atoms with Crippen LogP contribution >= 0.6 is 11.3 Å². The van der Waals surface area contributed by atoms with E-state index in [-0.39, 0.29) is 0 Å². The SMILES string of the molecule is Cc1cc(C(O)Cc2nccs2)ccn1. The van der Waals surface area contributed by atoms with Crippen molar-refractivity contribution in [2.75, 3.05) is 0 Å². The summed E-state index contributed by atoms with van der Waals surface area (Å²) in [5.41, 5.74) is 1.82. The zero-order valence-corrected chi connectivity index (χ0v) is 9.24. The Morgan fingerprint density at radius 2 is 2.27 bits per heavy atom. The van der Waals surface area contributed by atoms with Crippen LogP contribution in [0.2, 0.25) is 0 Å². The Kier molecular flexibility index (Phi) is 3.08. The van der Waals surface area contributed by atoms with E-state index in [2.05, 4.69) is 9.97 Å². The molecule has 0 amide bonds. The first-order chi connectivity index (χ1) is 7.25. The first kappa shape index (κ1) is 10.3. The number of hydrogen-bond acceptors (Lipinski definition) is 4. The largest absolute Gasteiger partial charge is 0.388 e. The molecule has 0 aliphatic carbocycles. The van der Waals surface area contributed by atoms with Crippen molar-refractivity contribution in [2.24, 2.45) is 0 Å². The van der Waals surface area contributed by atoms with E-state index >= 15 is 0 Å². The monoisotopic (exact) mass is 220 g/mol. The van der Waals surface area contributed by atoms with Crippen molar-refractivity contribution in [2.45, 2.75) is 19.4 Å². The molecule has 0 saturated heterocycles. The zero-order chi connectivity index (χ0) is 10.7. The summed E-state index contributed by atoms with van der Waals surface area (Å²) in [5.74, 6) is 0. The molecule has 0 saturated carbocycles. The Hall–Kier alpha value is -1.26. The predicted octanol–water partition coefficient (Wildman–Crippen LogP) is 2.12. The van der Waals surface area contributed by atoms with E-state index in [0.29, 0.717) is 6.42 Å². The van der Waals surface area contributed by atoms with Crippen LogP contribution in [0.25, 0.3) is 0 Å².